The van der Waals surface area contributed by atoms with Crippen LogP contribution in [0.5, 0.6) is 0 Å². The molecule has 15 heavy (non-hydrogen) atoms. The highest BCUT2D eigenvalue weighted by Crippen LogP contribution is 2.19. The Morgan fingerprint density at radius 2 is 2.13 bits per heavy atom. The maximum absolute atomic E-state index is 13.0. The number of hydrogen-bond acceptors (Lipinski definition) is 1. The Morgan fingerprint density at radius 1 is 1.40 bits per heavy atom. The van der Waals surface area contributed by atoms with E-state index in [4.69, 9.17) is 0 Å². The predicted molar refractivity (Wildman–Crippen MR) is 56.3 cm³/mol. The minimum Gasteiger partial charge on any atom is -0.354 e. The molecule has 0 saturated heterocycles. The summed E-state index contributed by atoms with van der Waals surface area (Å²) in [5, 5.41) is 3.40. The smallest absolute Gasteiger partial charge is 0.267 e. The standard InChI is InChI=1S/C11H11FN2O/c1-13-11(15)10-5-7-3-4-8(12)6-9(7)14(10)2/h3-6H,1-2H3,(H,13,15). The number of nitrogens with zero attached hydrogens (tertiary/aromatic N) is 1. The first-order chi connectivity index (χ1) is 7.13. The average molecular weight is 206 g/mol. The molecule has 0 bridgehead atoms. The first kappa shape index (κ1) is 9.71. The summed E-state index contributed by atoms with van der Waals surface area (Å²) >= 11 is 0. The summed E-state index contributed by atoms with van der Waals surface area (Å²) in [6.45, 7) is 0. The average Bonchev–Trinajstić information content (AvgIpc) is 2.55. The van der Waals surface area contributed by atoms with Gasteiger partial charge in [-0.25, -0.2) is 4.39 Å². The summed E-state index contributed by atoms with van der Waals surface area (Å²) in [5.41, 5.74) is 1.24. The summed E-state index contributed by atoms with van der Waals surface area (Å²) < 4.78 is 14.7. The van der Waals surface area contributed by atoms with Crippen LogP contribution in [0, 0.1) is 5.82 Å². The van der Waals surface area contributed by atoms with Crippen LogP contribution in [-0.4, -0.2) is 17.5 Å². The number of fused-ring (bicyclic) bond motifs is 1. The molecule has 0 aliphatic heterocycles. The summed E-state index contributed by atoms with van der Waals surface area (Å²) in [4.78, 5) is 11.5. The highest BCUT2D eigenvalue weighted by Gasteiger charge is 2.11. The van der Waals surface area contributed by atoms with Crippen LogP contribution in [0.2, 0.25) is 0 Å². The van der Waals surface area contributed by atoms with Crippen molar-refractivity contribution in [3.8, 4) is 0 Å². The third-order valence-electron chi connectivity index (χ3n) is 2.47. The largest absolute Gasteiger partial charge is 0.354 e. The third-order valence-corrected chi connectivity index (χ3v) is 2.47. The van der Waals surface area contributed by atoms with Gasteiger partial charge >= 0.3 is 0 Å². The predicted octanol–water partition coefficient (Wildman–Crippen LogP) is 1.68. The summed E-state index contributed by atoms with van der Waals surface area (Å²) in [6.07, 6.45) is 0. The molecule has 4 heteroatoms. The number of carbonyl (C=O) groups excluding carboxylic acids is 1. The lowest BCUT2D eigenvalue weighted by atomic mass is 10.2. The van der Waals surface area contributed by atoms with Gasteiger partial charge in [0.15, 0.2) is 0 Å². The highest BCUT2D eigenvalue weighted by molar-refractivity contribution is 5.98. The van der Waals surface area contributed by atoms with Crippen molar-refractivity contribution in [3.63, 3.8) is 0 Å². The van der Waals surface area contributed by atoms with Crippen molar-refractivity contribution in [2.75, 3.05) is 7.05 Å². The van der Waals surface area contributed by atoms with Crippen LogP contribution >= 0.6 is 0 Å². The second kappa shape index (κ2) is 3.38. The van der Waals surface area contributed by atoms with Crippen LogP contribution in [0.1, 0.15) is 10.5 Å². The van der Waals surface area contributed by atoms with Gasteiger partial charge in [0.25, 0.3) is 5.91 Å². The van der Waals surface area contributed by atoms with E-state index in [1.807, 2.05) is 0 Å². The third kappa shape index (κ3) is 1.48. The van der Waals surface area contributed by atoms with Crippen LogP contribution in [0.4, 0.5) is 4.39 Å². The second-order valence-corrected chi connectivity index (χ2v) is 3.37. The molecule has 0 atom stereocenters. The number of aromatic nitrogens is 1. The molecule has 2 rings (SSSR count). The fourth-order valence-corrected chi connectivity index (χ4v) is 1.65. The van der Waals surface area contributed by atoms with Gasteiger partial charge in [-0.2, -0.15) is 0 Å². The fourth-order valence-electron chi connectivity index (χ4n) is 1.65. The van der Waals surface area contributed by atoms with Crippen molar-refractivity contribution in [1.29, 1.82) is 0 Å². The molecular weight excluding hydrogens is 195 g/mol. The van der Waals surface area contributed by atoms with Gasteiger partial charge < -0.3 is 9.88 Å². The number of hydrogen-bond donors (Lipinski definition) is 1. The number of carbonyl (C=O) groups is 1. The molecule has 1 amide bonds. The van der Waals surface area contributed by atoms with E-state index in [9.17, 15) is 9.18 Å². The van der Waals surface area contributed by atoms with E-state index in [1.165, 1.54) is 12.1 Å². The second-order valence-electron chi connectivity index (χ2n) is 3.37. The van der Waals surface area contributed by atoms with Crippen molar-refractivity contribution < 1.29 is 9.18 Å². The van der Waals surface area contributed by atoms with Gasteiger partial charge in [-0.15, -0.1) is 0 Å². The lowest BCUT2D eigenvalue weighted by molar-refractivity contribution is 0.0955. The molecule has 2 aromatic rings. The van der Waals surface area contributed by atoms with Crippen LogP contribution < -0.4 is 5.32 Å². The molecular formula is C11H11FN2O. The lowest BCUT2D eigenvalue weighted by Crippen LogP contribution is -2.20. The van der Waals surface area contributed by atoms with Gasteiger partial charge in [0.1, 0.15) is 11.5 Å². The fraction of sp³-hybridized carbons (Fsp3) is 0.182. The number of amides is 1. The van der Waals surface area contributed by atoms with Crippen molar-refractivity contribution in [2.24, 2.45) is 7.05 Å². The Balaban J connectivity index is 2.69. The van der Waals surface area contributed by atoms with E-state index in [-0.39, 0.29) is 11.7 Å². The molecule has 0 fully saturated rings. The van der Waals surface area contributed by atoms with Gasteiger partial charge in [0.05, 0.1) is 5.52 Å². The zero-order chi connectivity index (χ0) is 11.0. The van der Waals surface area contributed by atoms with Crippen molar-refractivity contribution in [1.82, 2.24) is 9.88 Å². The molecule has 1 heterocycles. The van der Waals surface area contributed by atoms with Crippen molar-refractivity contribution in [3.05, 3.63) is 35.8 Å². The Hall–Kier alpha value is -1.84. The van der Waals surface area contributed by atoms with E-state index < -0.39 is 0 Å². The zero-order valence-corrected chi connectivity index (χ0v) is 8.54. The van der Waals surface area contributed by atoms with Crippen LogP contribution in [0.15, 0.2) is 24.3 Å². The normalized spacial score (nSPS) is 10.6. The van der Waals surface area contributed by atoms with E-state index >= 15 is 0 Å². The van der Waals surface area contributed by atoms with E-state index in [2.05, 4.69) is 5.32 Å². The Kier molecular flexibility index (Phi) is 2.19. The van der Waals surface area contributed by atoms with Gasteiger partial charge in [-0.3, -0.25) is 4.79 Å². The summed E-state index contributed by atoms with van der Waals surface area (Å²) in [5.74, 6) is -0.471. The molecule has 3 nitrogen and oxygen atoms in total. The van der Waals surface area contributed by atoms with Gasteiger partial charge in [-0.1, -0.05) is 0 Å². The van der Waals surface area contributed by atoms with Gasteiger partial charge in [0.2, 0.25) is 0 Å². The van der Waals surface area contributed by atoms with Gasteiger partial charge in [0, 0.05) is 19.5 Å². The Bertz CT molecular complexity index is 531. The molecule has 0 aliphatic carbocycles. The minimum absolute atomic E-state index is 0.172. The van der Waals surface area contributed by atoms with Crippen LogP contribution in [0.3, 0.4) is 0 Å². The summed E-state index contributed by atoms with van der Waals surface area (Å²) in [6, 6.07) is 6.21. The molecule has 0 spiro atoms. The topological polar surface area (TPSA) is 34.0 Å². The Morgan fingerprint density at radius 3 is 2.80 bits per heavy atom. The number of aryl methyl sites for hydroxylation is 1. The molecule has 0 saturated carbocycles. The molecule has 1 aromatic heterocycles. The van der Waals surface area contributed by atoms with Crippen molar-refractivity contribution in [2.45, 2.75) is 0 Å². The van der Waals surface area contributed by atoms with E-state index in [0.29, 0.717) is 11.2 Å². The highest BCUT2D eigenvalue weighted by atomic mass is 19.1. The molecule has 78 valence electrons. The van der Waals surface area contributed by atoms with Crippen LogP contribution in [0.25, 0.3) is 10.9 Å². The zero-order valence-electron chi connectivity index (χ0n) is 8.54. The lowest BCUT2D eigenvalue weighted by Gasteiger charge is -2.01. The van der Waals surface area contributed by atoms with Crippen molar-refractivity contribution >= 4 is 16.8 Å². The molecule has 0 radical (unpaired) electrons. The van der Waals surface area contributed by atoms with E-state index in [1.54, 1.807) is 30.8 Å². The molecule has 1 N–H and O–H groups in total. The minimum atomic E-state index is -0.299. The van der Waals surface area contributed by atoms with Gasteiger partial charge in [-0.05, 0) is 24.3 Å². The first-order valence-electron chi connectivity index (χ1n) is 4.60. The number of nitrogens with one attached hydrogen (secondary N) is 1. The SMILES string of the molecule is CNC(=O)c1cc2ccc(F)cc2n1C. The number of halogens is 1. The molecule has 0 unspecified atom stereocenters. The quantitative estimate of drug-likeness (QED) is 0.756. The number of benzene rings is 1. The Labute approximate surface area is 86.5 Å². The monoisotopic (exact) mass is 206 g/mol. The molecule has 0 aliphatic rings. The molecule has 1 aromatic carbocycles. The number of rotatable bonds is 1. The maximum Gasteiger partial charge on any atom is 0.267 e. The van der Waals surface area contributed by atoms with Crippen LogP contribution in [-0.2, 0) is 7.05 Å². The first-order valence-corrected chi connectivity index (χ1v) is 4.60. The summed E-state index contributed by atoms with van der Waals surface area (Å²) in [7, 11) is 3.31. The van der Waals surface area contributed by atoms with E-state index in [0.717, 1.165) is 5.39 Å². The maximum atomic E-state index is 13.0.